The molecule has 5 heteroatoms. The molecule has 1 aliphatic rings. The molecule has 1 unspecified atom stereocenters. The number of hydrogen-bond donors (Lipinski definition) is 2. The van der Waals surface area contributed by atoms with Gasteiger partial charge in [0.1, 0.15) is 0 Å². The number of nitrogens with one attached hydrogen (secondary N) is 1. The molecular formula is C15H20N4S. The van der Waals surface area contributed by atoms with Crippen LogP contribution >= 0.6 is 12.2 Å². The van der Waals surface area contributed by atoms with E-state index in [0.717, 1.165) is 31.7 Å². The Hall–Kier alpha value is -1.43. The molecular weight excluding hydrogens is 268 g/mol. The van der Waals surface area contributed by atoms with Gasteiger partial charge in [-0.3, -0.25) is 4.90 Å². The van der Waals surface area contributed by atoms with Crippen LogP contribution in [0.2, 0.25) is 0 Å². The molecule has 1 atom stereocenters. The molecule has 1 aromatic heterocycles. The van der Waals surface area contributed by atoms with Crippen molar-refractivity contribution in [2.45, 2.75) is 6.04 Å². The number of likely N-dealkylation sites (N-methyl/N-ethyl adjacent to an activating group) is 1. The lowest BCUT2D eigenvalue weighted by molar-refractivity contribution is 0.138. The SMILES string of the molecule is CN1CCN(C(C(N)=S)c2c[nH]c3ccccc23)CC1. The third kappa shape index (κ3) is 2.44. The van der Waals surface area contributed by atoms with E-state index in [2.05, 4.69) is 40.0 Å². The highest BCUT2D eigenvalue weighted by atomic mass is 32.1. The van der Waals surface area contributed by atoms with Crippen molar-refractivity contribution in [2.24, 2.45) is 5.73 Å². The summed E-state index contributed by atoms with van der Waals surface area (Å²) in [4.78, 5) is 8.60. The predicted octanol–water partition coefficient (Wildman–Crippen LogP) is 1.74. The summed E-state index contributed by atoms with van der Waals surface area (Å²) < 4.78 is 0. The number of thiocarbonyl (C=S) groups is 1. The van der Waals surface area contributed by atoms with Gasteiger partial charge in [-0.2, -0.15) is 0 Å². The van der Waals surface area contributed by atoms with Gasteiger partial charge in [0.2, 0.25) is 0 Å². The van der Waals surface area contributed by atoms with Gasteiger partial charge in [0, 0.05) is 48.8 Å². The van der Waals surface area contributed by atoms with Crippen molar-refractivity contribution in [2.75, 3.05) is 33.2 Å². The lowest BCUT2D eigenvalue weighted by atomic mass is 10.0. The topological polar surface area (TPSA) is 48.3 Å². The van der Waals surface area contributed by atoms with Gasteiger partial charge in [-0.1, -0.05) is 30.4 Å². The maximum absolute atomic E-state index is 6.05. The second kappa shape index (κ2) is 5.52. The summed E-state index contributed by atoms with van der Waals surface area (Å²) in [5.41, 5.74) is 8.38. The minimum absolute atomic E-state index is 0.0230. The number of hydrogen-bond acceptors (Lipinski definition) is 3. The minimum Gasteiger partial charge on any atom is -0.392 e. The van der Waals surface area contributed by atoms with Gasteiger partial charge in [0.15, 0.2) is 0 Å². The smallest absolute Gasteiger partial charge is 0.0949 e. The molecule has 1 saturated heterocycles. The highest BCUT2D eigenvalue weighted by molar-refractivity contribution is 7.80. The molecule has 20 heavy (non-hydrogen) atoms. The molecule has 1 aliphatic heterocycles. The van der Waals surface area contributed by atoms with Crippen molar-refractivity contribution in [3.05, 3.63) is 36.0 Å². The summed E-state index contributed by atoms with van der Waals surface area (Å²) in [5.74, 6) is 0. The fourth-order valence-corrected chi connectivity index (χ4v) is 3.21. The Labute approximate surface area is 124 Å². The number of para-hydroxylation sites is 1. The summed E-state index contributed by atoms with van der Waals surface area (Å²) in [6.07, 6.45) is 2.05. The number of aromatic nitrogens is 1. The Morgan fingerprint density at radius 1 is 1.25 bits per heavy atom. The zero-order valence-corrected chi connectivity index (χ0v) is 12.5. The number of nitrogens with zero attached hydrogens (tertiary/aromatic N) is 2. The van der Waals surface area contributed by atoms with Gasteiger partial charge < -0.3 is 15.6 Å². The second-order valence-corrected chi connectivity index (χ2v) is 5.91. The number of fused-ring (bicyclic) bond motifs is 1. The molecule has 0 bridgehead atoms. The third-order valence-electron chi connectivity index (χ3n) is 4.09. The molecule has 2 aromatic rings. The Balaban J connectivity index is 1.96. The fourth-order valence-electron chi connectivity index (χ4n) is 2.93. The summed E-state index contributed by atoms with van der Waals surface area (Å²) in [5, 5.41) is 1.21. The highest BCUT2D eigenvalue weighted by Gasteiger charge is 2.27. The molecule has 3 rings (SSSR count). The van der Waals surface area contributed by atoms with Gasteiger partial charge in [-0.25, -0.2) is 0 Å². The first-order valence-corrected chi connectivity index (χ1v) is 7.35. The van der Waals surface area contributed by atoms with E-state index in [0.29, 0.717) is 4.99 Å². The van der Waals surface area contributed by atoms with E-state index >= 15 is 0 Å². The van der Waals surface area contributed by atoms with Crippen LogP contribution in [0.5, 0.6) is 0 Å². The van der Waals surface area contributed by atoms with Gasteiger partial charge in [0.05, 0.1) is 11.0 Å². The number of aromatic amines is 1. The number of rotatable bonds is 3. The molecule has 3 N–H and O–H groups in total. The van der Waals surface area contributed by atoms with E-state index in [-0.39, 0.29) is 6.04 Å². The Morgan fingerprint density at radius 3 is 2.65 bits per heavy atom. The normalized spacial score (nSPS) is 19.2. The predicted molar refractivity (Wildman–Crippen MR) is 86.9 cm³/mol. The van der Waals surface area contributed by atoms with Crippen molar-refractivity contribution >= 4 is 28.1 Å². The van der Waals surface area contributed by atoms with Crippen LogP contribution in [0.15, 0.2) is 30.5 Å². The van der Waals surface area contributed by atoms with E-state index in [9.17, 15) is 0 Å². The summed E-state index contributed by atoms with van der Waals surface area (Å²) >= 11 is 5.35. The van der Waals surface area contributed by atoms with Gasteiger partial charge in [0.25, 0.3) is 0 Å². The molecule has 4 nitrogen and oxygen atoms in total. The van der Waals surface area contributed by atoms with E-state index in [1.54, 1.807) is 0 Å². The highest BCUT2D eigenvalue weighted by Crippen LogP contribution is 2.29. The minimum atomic E-state index is 0.0230. The van der Waals surface area contributed by atoms with Crippen molar-refractivity contribution in [1.29, 1.82) is 0 Å². The van der Waals surface area contributed by atoms with Gasteiger partial charge in [-0.15, -0.1) is 0 Å². The van der Waals surface area contributed by atoms with E-state index in [1.165, 1.54) is 10.9 Å². The average molecular weight is 288 g/mol. The Bertz CT molecular complexity index is 613. The van der Waals surface area contributed by atoms with Crippen LogP contribution in [0.4, 0.5) is 0 Å². The molecule has 0 saturated carbocycles. The van der Waals surface area contributed by atoms with E-state index < -0.39 is 0 Å². The third-order valence-corrected chi connectivity index (χ3v) is 4.31. The Kier molecular flexibility index (Phi) is 3.74. The second-order valence-electron chi connectivity index (χ2n) is 5.43. The van der Waals surface area contributed by atoms with Crippen LogP contribution < -0.4 is 5.73 Å². The lowest BCUT2D eigenvalue weighted by Gasteiger charge is -2.37. The van der Waals surface area contributed by atoms with Crippen molar-refractivity contribution in [3.63, 3.8) is 0 Å². The molecule has 1 fully saturated rings. The van der Waals surface area contributed by atoms with Crippen molar-refractivity contribution in [1.82, 2.24) is 14.8 Å². The lowest BCUT2D eigenvalue weighted by Crippen LogP contribution is -2.48. The van der Waals surface area contributed by atoms with Crippen molar-refractivity contribution < 1.29 is 0 Å². The maximum atomic E-state index is 6.05. The first kappa shape index (κ1) is 13.5. The molecule has 1 aromatic carbocycles. The molecule has 0 radical (unpaired) electrons. The van der Waals surface area contributed by atoms with Crippen LogP contribution in [-0.2, 0) is 0 Å². The van der Waals surface area contributed by atoms with Crippen LogP contribution in [0.25, 0.3) is 10.9 Å². The maximum Gasteiger partial charge on any atom is 0.0949 e. The molecule has 2 heterocycles. The van der Waals surface area contributed by atoms with Crippen LogP contribution in [0, 0.1) is 0 Å². The van der Waals surface area contributed by atoms with Crippen molar-refractivity contribution in [3.8, 4) is 0 Å². The number of nitrogens with two attached hydrogens (primary N) is 1. The Morgan fingerprint density at radius 2 is 1.95 bits per heavy atom. The standard InChI is InChI=1S/C15H20N4S/c1-18-6-8-19(9-7-18)14(15(16)20)12-10-17-13-5-3-2-4-11(12)13/h2-5,10,14,17H,6-9H2,1H3,(H2,16,20). The molecule has 0 aliphatic carbocycles. The summed E-state index contributed by atoms with van der Waals surface area (Å²) in [6, 6.07) is 8.33. The van der Waals surface area contributed by atoms with Gasteiger partial charge >= 0.3 is 0 Å². The summed E-state index contributed by atoms with van der Waals surface area (Å²) in [7, 11) is 2.15. The quantitative estimate of drug-likeness (QED) is 0.845. The van der Waals surface area contributed by atoms with Crippen LogP contribution in [0.3, 0.4) is 0 Å². The largest absolute Gasteiger partial charge is 0.392 e. The van der Waals surface area contributed by atoms with Crippen LogP contribution in [-0.4, -0.2) is 53.0 Å². The molecule has 0 amide bonds. The number of benzene rings is 1. The average Bonchev–Trinajstić information content (AvgIpc) is 2.85. The van der Waals surface area contributed by atoms with Gasteiger partial charge in [-0.05, 0) is 13.1 Å². The number of H-pyrrole nitrogens is 1. The van der Waals surface area contributed by atoms with Crippen LogP contribution in [0.1, 0.15) is 11.6 Å². The number of piperazine rings is 1. The van der Waals surface area contributed by atoms with E-state index in [4.69, 9.17) is 18.0 Å². The zero-order chi connectivity index (χ0) is 14.1. The summed E-state index contributed by atoms with van der Waals surface area (Å²) in [6.45, 7) is 4.11. The molecule has 0 spiro atoms. The molecule has 106 valence electrons. The first-order chi connectivity index (χ1) is 9.66. The van der Waals surface area contributed by atoms with E-state index in [1.807, 2.05) is 12.3 Å². The monoisotopic (exact) mass is 288 g/mol. The first-order valence-electron chi connectivity index (χ1n) is 6.95. The fraction of sp³-hybridized carbons (Fsp3) is 0.400. The zero-order valence-electron chi connectivity index (χ0n) is 11.7.